The van der Waals surface area contributed by atoms with Crippen LogP contribution < -0.4 is 5.32 Å². The monoisotopic (exact) mass is 428 g/mol. The molecule has 0 atom stereocenters. The minimum atomic E-state index is -0.414. The number of amides is 1. The van der Waals surface area contributed by atoms with E-state index in [1.54, 1.807) is 4.52 Å². The van der Waals surface area contributed by atoms with Gasteiger partial charge < -0.3 is 0 Å². The fourth-order valence-electron chi connectivity index (χ4n) is 2.53. The summed E-state index contributed by atoms with van der Waals surface area (Å²) in [6.45, 7) is 3.77. The molecule has 4 rings (SSSR count). The number of benzene rings is 1. The van der Waals surface area contributed by atoms with Gasteiger partial charge in [0, 0.05) is 26.8 Å². The van der Waals surface area contributed by atoms with Crippen molar-refractivity contribution in [3.63, 3.8) is 0 Å². The number of nitrogens with zero attached hydrogens (tertiary/aromatic N) is 5. The molecule has 1 N–H and O–H groups in total. The number of rotatable bonds is 3. The summed E-state index contributed by atoms with van der Waals surface area (Å²) in [6.07, 6.45) is 0. The van der Waals surface area contributed by atoms with E-state index in [0.717, 1.165) is 27.1 Å². The molecule has 3 aromatic heterocycles. The number of aromatic nitrogens is 5. The molecule has 0 saturated heterocycles. The summed E-state index contributed by atoms with van der Waals surface area (Å²) in [6, 6.07) is 9.71. The normalized spacial score (nSPS) is 11.0. The van der Waals surface area contributed by atoms with Crippen LogP contribution in [-0.2, 0) is 0 Å². The van der Waals surface area contributed by atoms with Crippen LogP contribution in [0.25, 0.3) is 17.0 Å². The van der Waals surface area contributed by atoms with Gasteiger partial charge in [0.15, 0.2) is 5.13 Å². The second-order valence-electron chi connectivity index (χ2n) is 5.69. The van der Waals surface area contributed by atoms with Gasteiger partial charge in [0.1, 0.15) is 0 Å². The first-order valence-electron chi connectivity index (χ1n) is 7.73. The minimum absolute atomic E-state index is 0.0606. The van der Waals surface area contributed by atoms with E-state index < -0.39 is 5.91 Å². The first-order valence-corrected chi connectivity index (χ1v) is 9.41. The van der Waals surface area contributed by atoms with Crippen LogP contribution in [0.3, 0.4) is 0 Å². The molecule has 4 aromatic rings. The molecule has 0 saturated carbocycles. The van der Waals surface area contributed by atoms with Gasteiger partial charge in [0.2, 0.25) is 5.82 Å². The van der Waals surface area contributed by atoms with Gasteiger partial charge >= 0.3 is 0 Å². The highest BCUT2D eigenvalue weighted by atomic mass is 79.9. The third-order valence-electron chi connectivity index (χ3n) is 3.67. The summed E-state index contributed by atoms with van der Waals surface area (Å²) in [5.41, 5.74) is 3.46. The Kier molecular flexibility index (Phi) is 4.25. The van der Waals surface area contributed by atoms with E-state index in [2.05, 4.69) is 41.3 Å². The molecular weight excluding hydrogens is 416 g/mol. The van der Waals surface area contributed by atoms with Gasteiger partial charge in [-0.15, -0.1) is 16.4 Å². The zero-order valence-corrected chi connectivity index (χ0v) is 16.3. The minimum Gasteiger partial charge on any atom is -0.295 e. The number of thiazole rings is 1. The molecule has 1 aromatic carbocycles. The molecule has 0 spiro atoms. The standard InChI is InChI=1S/C17H13BrN6OS/c1-9-6-10(2)24-16(19-9)21-14(23-24)15(25)22-17-20-13(8-26-17)11-4-3-5-12(18)7-11/h3-8H,1-2H3,(H,20,22,25). The van der Waals surface area contributed by atoms with Crippen molar-refractivity contribution in [1.82, 2.24) is 24.6 Å². The Morgan fingerprint density at radius 3 is 2.85 bits per heavy atom. The highest BCUT2D eigenvalue weighted by Crippen LogP contribution is 2.27. The van der Waals surface area contributed by atoms with E-state index in [-0.39, 0.29) is 5.82 Å². The molecule has 0 fully saturated rings. The second kappa shape index (κ2) is 6.58. The summed E-state index contributed by atoms with van der Waals surface area (Å²) in [4.78, 5) is 25.4. The number of fused-ring (bicyclic) bond motifs is 1. The van der Waals surface area contributed by atoms with Crippen LogP contribution in [-0.4, -0.2) is 30.5 Å². The van der Waals surface area contributed by atoms with Crippen LogP contribution in [0.2, 0.25) is 0 Å². The SMILES string of the molecule is Cc1cc(C)n2nc(C(=O)Nc3nc(-c4cccc(Br)c4)cs3)nc2n1. The van der Waals surface area contributed by atoms with Crippen molar-refractivity contribution in [2.24, 2.45) is 0 Å². The molecule has 0 aliphatic rings. The first kappa shape index (κ1) is 16.8. The predicted molar refractivity (Wildman–Crippen MR) is 103 cm³/mol. The third-order valence-corrected chi connectivity index (χ3v) is 4.92. The van der Waals surface area contributed by atoms with Crippen LogP contribution in [0.1, 0.15) is 22.0 Å². The van der Waals surface area contributed by atoms with E-state index in [4.69, 9.17) is 0 Å². The Hall–Kier alpha value is -2.65. The lowest BCUT2D eigenvalue weighted by atomic mass is 10.2. The highest BCUT2D eigenvalue weighted by molar-refractivity contribution is 9.10. The number of carbonyl (C=O) groups is 1. The number of halogens is 1. The molecule has 130 valence electrons. The molecule has 1 amide bonds. The summed E-state index contributed by atoms with van der Waals surface area (Å²) >= 11 is 4.80. The number of hydrogen-bond donors (Lipinski definition) is 1. The van der Waals surface area contributed by atoms with Gasteiger partial charge in [-0.3, -0.25) is 10.1 Å². The Bertz CT molecular complexity index is 1140. The fourth-order valence-corrected chi connectivity index (χ4v) is 3.64. The molecule has 3 heterocycles. The summed E-state index contributed by atoms with van der Waals surface area (Å²) in [5.74, 6) is 0.0507. The van der Waals surface area contributed by atoms with Crippen molar-refractivity contribution in [3.05, 3.63) is 57.4 Å². The predicted octanol–water partition coefficient (Wildman–Crippen LogP) is 3.88. The van der Waals surface area contributed by atoms with Gasteiger partial charge in [-0.2, -0.15) is 4.98 Å². The van der Waals surface area contributed by atoms with Gasteiger partial charge in [-0.1, -0.05) is 28.1 Å². The third kappa shape index (κ3) is 3.23. The Morgan fingerprint density at radius 2 is 2.04 bits per heavy atom. The maximum absolute atomic E-state index is 12.5. The van der Waals surface area contributed by atoms with Crippen LogP contribution >= 0.6 is 27.3 Å². The number of anilines is 1. The van der Waals surface area contributed by atoms with E-state index in [9.17, 15) is 4.79 Å². The van der Waals surface area contributed by atoms with E-state index in [0.29, 0.717) is 10.9 Å². The summed E-state index contributed by atoms with van der Waals surface area (Å²) in [5, 5.41) is 9.36. The molecule has 0 bridgehead atoms. The largest absolute Gasteiger partial charge is 0.297 e. The van der Waals surface area contributed by atoms with E-state index in [1.165, 1.54) is 11.3 Å². The zero-order chi connectivity index (χ0) is 18.3. The summed E-state index contributed by atoms with van der Waals surface area (Å²) < 4.78 is 2.53. The fraction of sp³-hybridized carbons (Fsp3) is 0.118. The number of nitrogens with one attached hydrogen (secondary N) is 1. The molecule has 26 heavy (non-hydrogen) atoms. The average molecular weight is 429 g/mol. The van der Waals surface area contributed by atoms with Gasteiger partial charge in [-0.25, -0.2) is 14.5 Å². The number of hydrogen-bond acceptors (Lipinski definition) is 6. The Morgan fingerprint density at radius 1 is 1.19 bits per heavy atom. The van der Waals surface area contributed by atoms with Gasteiger partial charge in [0.25, 0.3) is 11.7 Å². The van der Waals surface area contributed by atoms with Crippen LogP contribution in [0.5, 0.6) is 0 Å². The molecule has 0 aliphatic carbocycles. The van der Waals surface area contributed by atoms with E-state index >= 15 is 0 Å². The molecule has 0 radical (unpaired) electrons. The average Bonchev–Trinajstić information content (AvgIpc) is 3.22. The van der Waals surface area contributed by atoms with Crippen molar-refractivity contribution in [1.29, 1.82) is 0 Å². The molecule has 7 nitrogen and oxygen atoms in total. The number of aryl methyl sites for hydroxylation is 2. The molecule has 9 heteroatoms. The lowest BCUT2D eigenvalue weighted by Crippen LogP contribution is -2.13. The quantitative estimate of drug-likeness (QED) is 0.534. The Balaban J connectivity index is 1.58. The molecular formula is C17H13BrN6OS. The number of carbonyl (C=O) groups excluding carboxylic acids is 1. The van der Waals surface area contributed by atoms with Crippen LogP contribution in [0, 0.1) is 13.8 Å². The molecule has 0 aliphatic heterocycles. The smallest absolute Gasteiger partial charge is 0.295 e. The van der Waals surface area contributed by atoms with Crippen molar-refractivity contribution in [2.75, 3.05) is 5.32 Å². The van der Waals surface area contributed by atoms with Crippen molar-refractivity contribution < 1.29 is 4.79 Å². The van der Waals surface area contributed by atoms with Crippen molar-refractivity contribution in [3.8, 4) is 11.3 Å². The van der Waals surface area contributed by atoms with Crippen molar-refractivity contribution in [2.45, 2.75) is 13.8 Å². The topological polar surface area (TPSA) is 85.1 Å². The first-order chi connectivity index (χ1) is 12.5. The van der Waals surface area contributed by atoms with Gasteiger partial charge in [0.05, 0.1) is 5.69 Å². The maximum Gasteiger partial charge on any atom is 0.297 e. The Labute approximate surface area is 161 Å². The second-order valence-corrected chi connectivity index (χ2v) is 7.46. The van der Waals surface area contributed by atoms with Crippen molar-refractivity contribution >= 4 is 44.1 Å². The summed E-state index contributed by atoms with van der Waals surface area (Å²) in [7, 11) is 0. The lowest BCUT2D eigenvalue weighted by Gasteiger charge is -1.98. The zero-order valence-electron chi connectivity index (χ0n) is 13.9. The van der Waals surface area contributed by atoms with Crippen LogP contribution in [0.15, 0.2) is 40.2 Å². The maximum atomic E-state index is 12.5. The van der Waals surface area contributed by atoms with E-state index in [1.807, 2.05) is 49.6 Å². The van der Waals surface area contributed by atoms with Crippen LogP contribution in [0.4, 0.5) is 5.13 Å². The van der Waals surface area contributed by atoms with Gasteiger partial charge in [-0.05, 0) is 32.0 Å². The molecule has 0 unspecified atom stereocenters. The lowest BCUT2D eigenvalue weighted by molar-refractivity contribution is 0.101. The highest BCUT2D eigenvalue weighted by Gasteiger charge is 2.17.